The summed E-state index contributed by atoms with van der Waals surface area (Å²) >= 11 is 0. The van der Waals surface area contributed by atoms with Gasteiger partial charge in [-0.05, 0) is 37.5 Å². The zero-order valence-corrected chi connectivity index (χ0v) is 26.6. The number of anilines is 1. The fourth-order valence-electron chi connectivity index (χ4n) is 5.15. The molecule has 1 aromatic carbocycles. The number of carbonyl (C=O) groups excluding carboxylic acids is 3. The predicted octanol–water partition coefficient (Wildman–Crippen LogP) is 2.97. The summed E-state index contributed by atoms with van der Waals surface area (Å²) in [6, 6.07) is 7.68. The van der Waals surface area contributed by atoms with Crippen molar-refractivity contribution in [2.75, 3.05) is 25.1 Å². The van der Waals surface area contributed by atoms with Gasteiger partial charge in [-0.3, -0.25) is 14.2 Å². The molecular weight excluding hydrogens is 614 g/mol. The van der Waals surface area contributed by atoms with Crippen LogP contribution in [0.3, 0.4) is 0 Å². The first kappa shape index (κ1) is 37.6. The molecule has 1 amide bonds. The number of aliphatic hydroxyl groups excluding tert-OH is 3. The molecule has 1 aromatic heterocycles. The third kappa shape index (κ3) is 12.7. The Labute approximate surface area is 273 Å². The molecule has 0 saturated carbocycles. The minimum Gasteiger partial charge on any atom is -0.507 e. The van der Waals surface area contributed by atoms with Crippen molar-refractivity contribution in [3.05, 3.63) is 52.6 Å². The van der Waals surface area contributed by atoms with Crippen LogP contribution >= 0.6 is 0 Å². The number of benzene rings is 1. The van der Waals surface area contributed by atoms with Gasteiger partial charge in [-0.25, -0.2) is 9.59 Å². The Morgan fingerprint density at radius 2 is 1.45 bits per heavy atom. The van der Waals surface area contributed by atoms with Gasteiger partial charge in [0.25, 0.3) is 0 Å². The smallest absolute Gasteiger partial charge is 0.351 e. The van der Waals surface area contributed by atoms with Crippen molar-refractivity contribution < 1.29 is 49.0 Å². The van der Waals surface area contributed by atoms with Crippen molar-refractivity contribution in [1.29, 1.82) is 0 Å². The number of hydrogen-bond acceptors (Lipinski definition) is 12. The number of aliphatic hydroxyl groups is 3. The van der Waals surface area contributed by atoms with Crippen molar-refractivity contribution in [1.82, 2.24) is 9.55 Å². The van der Waals surface area contributed by atoms with E-state index in [-0.39, 0.29) is 42.4 Å². The minimum atomic E-state index is -1.43. The lowest BCUT2D eigenvalue weighted by Gasteiger charge is -2.17. The highest BCUT2D eigenvalue weighted by Crippen LogP contribution is 2.28. The van der Waals surface area contributed by atoms with Crippen LogP contribution in [0.25, 0.3) is 0 Å². The van der Waals surface area contributed by atoms with Gasteiger partial charge in [0, 0.05) is 19.0 Å². The fourth-order valence-corrected chi connectivity index (χ4v) is 5.15. The van der Waals surface area contributed by atoms with Gasteiger partial charge in [0.2, 0.25) is 5.91 Å². The molecule has 2 heterocycles. The highest BCUT2D eigenvalue weighted by molar-refractivity contribution is 5.92. The van der Waals surface area contributed by atoms with E-state index in [0.717, 1.165) is 68.8 Å². The van der Waals surface area contributed by atoms with E-state index in [1.54, 1.807) is 12.1 Å². The van der Waals surface area contributed by atoms with Gasteiger partial charge in [-0.1, -0.05) is 63.5 Å². The van der Waals surface area contributed by atoms with E-state index < -0.39 is 48.7 Å². The second kappa shape index (κ2) is 20.4. The Morgan fingerprint density at radius 1 is 0.830 bits per heavy atom. The summed E-state index contributed by atoms with van der Waals surface area (Å²) in [6.07, 6.45) is 6.82. The second-order valence-corrected chi connectivity index (χ2v) is 11.5. The summed E-state index contributed by atoms with van der Waals surface area (Å²) < 4.78 is 16.8. The van der Waals surface area contributed by atoms with Crippen LogP contribution in [0.1, 0.15) is 100 Å². The van der Waals surface area contributed by atoms with Gasteiger partial charge >= 0.3 is 17.6 Å². The number of nitrogens with one attached hydrogen (secondary N) is 1. The van der Waals surface area contributed by atoms with Crippen molar-refractivity contribution in [3.8, 4) is 5.75 Å². The zero-order chi connectivity index (χ0) is 34.0. The van der Waals surface area contributed by atoms with E-state index in [1.807, 2.05) is 0 Å². The maximum Gasteiger partial charge on any atom is 0.351 e. The lowest BCUT2D eigenvalue weighted by molar-refractivity contribution is -0.143. The first-order valence-electron chi connectivity index (χ1n) is 16.3. The van der Waals surface area contributed by atoms with Crippen LogP contribution in [-0.4, -0.2) is 86.0 Å². The van der Waals surface area contributed by atoms with E-state index in [9.17, 15) is 39.6 Å². The number of amides is 1. The molecule has 47 heavy (non-hydrogen) atoms. The molecule has 0 unspecified atom stereocenters. The Hall–Kier alpha value is -3.85. The molecule has 1 fully saturated rings. The van der Waals surface area contributed by atoms with Gasteiger partial charge < -0.3 is 40.0 Å². The Morgan fingerprint density at radius 3 is 2.04 bits per heavy atom. The molecule has 3 rings (SSSR count). The number of nitrogens with zero attached hydrogens (tertiary/aromatic N) is 2. The number of rotatable bonds is 21. The summed E-state index contributed by atoms with van der Waals surface area (Å²) in [4.78, 5) is 52.3. The van der Waals surface area contributed by atoms with Gasteiger partial charge in [0.15, 0.2) is 6.23 Å². The first-order chi connectivity index (χ1) is 22.7. The molecule has 0 spiro atoms. The summed E-state index contributed by atoms with van der Waals surface area (Å²) in [5, 5.41) is 41.3. The molecule has 260 valence electrons. The number of ether oxygens (including phenoxy) is 3. The van der Waals surface area contributed by atoms with Crippen LogP contribution in [-0.2, 0) is 23.8 Å². The van der Waals surface area contributed by atoms with Crippen molar-refractivity contribution in [2.45, 2.75) is 108 Å². The summed E-state index contributed by atoms with van der Waals surface area (Å²) in [5.74, 6) is -1.38. The lowest BCUT2D eigenvalue weighted by atomic mass is 10.1. The number of aromatic nitrogens is 2. The van der Waals surface area contributed by atoms with Crippen LogP contribution in [0.2, 0.25) is 0 Å². The molecule has 0 radical (unpaired) electrons. The molecule has 14 nitrogen and oxygen atoms in total. The average Bonchev–Trinajstić information content (AvgIpc) is 3.33. The van der Waals surface area contributed by atoms with Crippen molar-refractivity contribution in [3.63, 3.8) is 0 Å². The number of carbonyl (C=O) groups is 3. The SMILES string of the molecule is O=C(CCCC(=O)OCCCCCCCCCCCCOC(=O)c1ccccc1O)Nc1ccn([C@@H]2O[C@H](CO)[C@@H](O)[C@@H]2O)c(=O)n1. The topological polar surface area (TPSA) is 207 Å². The average molecular weight is 662 g/mol. The van der Waals surface area contributed by atoms with Crippen molar-refractivity contribution in [2.24, 2.45) is 0 Å². The molecule has 4 atom stereocenters. The van der Waals surface area contributed by atoms with Crippen LogP contribution in [0.4, 0.5) is 5.82 Å². The minimum absolute atomic E-state index is 0.00676. The molecular formula is C33H47N3O11. The number of phenolic OH excluding ortho intramolecular Hbond substituents is 1. The molecule has 14 heteroatoms. The Balaban J connectivity index is 1.13. The maximum atomic E-state index is 12.4. The number of para-hydroxylation sites is 1. The molecule has 5 N–H and O–H groups in total. The Kier molecular flexibility index (Phi) is 16.3. The van der Waals surface area contributed by atoms with Gasteiger partial charge in [0.05, 0.1) is 19.8 Å². The number of unbranched alkanes of at least 4 members (excludes halogenated alkanes) is 9. The molecule has 0 bridgehead atoms. The highest BCUT2D eigenvalue weighted by Gasteiger charge is 2.43. The van der Waals surface area contributed by atoms with Gasteiger partial charge in [0.1, 0.15) is 35.4 Å². The molecule has 1 aliphatic rings. The van der Waals surface area contributed by atoms with E-state index in [2.05, 4.69) is 10.3 Å². The molecule has 2 aromatic rings. The fraction of sp³-hybridized carbons (Fsp3) is 0.606. The quantitative estimate of drug-likeness (QED) is 0.0967. The van der Waals surface area contributed by atoms with E-state index in [1.165, 1.54) is 24.4 Å². The Bertz CT molecular complexity index is 1330. The predicted molar refractivity (Wildman–Crippen MR) is 170 cm³/mol. The summed E-state index contributed by atoms with van der Waals surface area (Å²) in [5.41, 5.74) is -0.636. The largest absolute Gasteiger partial charge is 0.507 e. The van der Waals surface area contributed by atoms with Crippen LogP contribution in [0.15, 0.2) is 41.3 Å². The highest BCUT2D eigenvalue weighted by atomic mass is 16.6. The molecule has 1 aliphatic heterocycles. The monoisotopic (exact) mass is 661 g/mol. The van der Waals surface area contributed by atoms with Crippen LogP contribution < -0.4 is 11.0 Å². The van der Waals surface area contributed by atoms with Crippen LogP contribution in [0, 0.1) is 0 Å². The number of aromatic hydroxyl groups is 1. The van der Waals surface area contributed by atoms with E-state index in [4.69, 9.17) is 14.2 Å². The first-order valence-corrected chi connectivity index (χ1v) is 16.3. The molecule has 0 aliphatic carbocycles. The molecule has 1 saturated heterocycles. The normalized spacial score (nSPS) is 19.0. The van der Waals surface area contributed by atoms with Crippen molar-refractivity contribution >= 4 is 23.7 Å². The maximum absolute atomic E-state index is 12.4. The van der Waals surface area contributed by atoms with E-state index in [0.29, 0.717) is 13.2 Å². The summed E-state index contributed by atoms with van der Waals surface area (Å²) in [7, 11) is 0. The standard InChI is InChI=1S/C33H47N3O11/c37-22-25-29(41)30(42)31(47-25)36-19-18-26(35-33(36)44)34-27(39)16-13-17-28(40)45-20-11-7-5-3-1-2-4-6-8-12-21-46-32(43)23-14-9-10-15-24(23)38/h9-10,14-15,18-19,25,29-31,37-38,41-42H,1-8,11-13,16-17,20-22H2,(H,34,35,39,44)/t25-,29-,30+,31-/m1/s1. The lowest BCUT2D eigenvalue weighted by Crippen LogP contribution is -2.36. The third-order valence-corrected chi connectivity index (χ3v) is 7.83. The summed E-state index contributed by atoms with van der Waals surface area (Å²) in [6.45, 7) is 0.155. The second-order valence-electron chi connectivity index (χ2n) is 11.5. The van der Waals surface area contributed by atoms with Crippen LogP contribution in [0.5, 0.6) is 5.75 Å². The van der Waals surface area contributed by atoms with Gasteiger partial charge in [-0.2, -0.15) is 4.98 Å². The van der Waals surface area contributed by atoms with Gasteiger partial charge in [-0.15, -0.1) is 0 Å². The zero-order valence-electron chi connectivity index (χ0n) is 26.6. The number of esters is 2. The number of hydrogen-bond donors (Lipinski definition) is 5. The van der Waals surface area contributed by atoms with E-state index >= 15 is 0 Å². The number of phenols is 1. The third-order valence-electron chi connectivity index (χ3n) is 7.83.